The summed E-state index contributed by atoms with van der Waals surface area (Å²) in [6.45, 7) is 0.294. The molecule has 1 saturated heterocycles. The smallest absolute Gasteiger partial charge is 0.289 e. The fraction of sp³-hybridized carbons (Fsp3) is 0.125. The van der Waals surface area contributed by atoms with E-state index in [2.05, 4.69) is 10.6 Å². The number of nitrogens with one attached hydrogen (secondary N) is 2. The summed E-state index contributed by atoms with van der Waals surface area (Å²) in [5.74, 6) is -1.36. The molecule has 4 rings (SSSR count). The molecule has 9 nitrogen and oxygen atoms in total. The third-order valence-corrected chi connectivity index (χ3v) is 5.70. The summed E-state index contributed by atoms with van der Waals surface area (Å²) in [5.41, 5.74) is 1.45. The monoisotopic (exact) mass is 478 g/mol. The van der Waals surface area contributed by atoms with Gasteiger partial charge in [0.25, 0.3) is 11.6 Å². The third kappa shape index (κ3) is 5.05. The minimum Gasteiger partial charge on any atom is -0.326 e. The Kier molecular flexibility index (Phi) is 6.55. The summed E-state index contributed by atoms with van der Waals surface area (Å²) in [7, 11) is 0. The predicted molar refractivity (Wildman–Crippen MR) is 128 cm³/mol. The van der Waals surface area contributed by atoms with Crippen molar-refractivity contribution in [1.82, 2.24) is 0 Å². The van der Waals surface area contributed by atoms with Crippen molar-refractivity contribution in [3.63, 3.8) is 0 Å². The standard InChI is InChI=1S/C24H19ClN4O5/c25-20-11-10-18(13-21(20)29(33)34)27-23(31)15-6-8-17(9-7-15)26-24(32)16-12-22(30)28(14-16)19-4-2-1-3-5-19/h1-11,13,16H,12,14H2,(H,26,32)(H,27,31). The molecular weight excluding hydrogens is 460 g/mol. The number of carbonyl (C=O) groups excluding carboxylic acids is 3. The van der Waals surface area contributed by atoms with Gasteiger partial charge in [-0.15, -0.1) is 0 Å². The summed E-state index contributed by atoms with van der Waals surface area (Å²) in [5, 5.41) is 16.3. The van der Waals surface area contributed by atoms with Crippen LogP contribution in [0.25, 0.3) is 0 Å². The van der Waals surface area contributed by atoms with Gasteiger partial charge in [-0.3, -0.25) is 24.5 Å². The van der Waals surface area contributed by atoms with E-state index in [-0.39, 0.29) is 34.6 Å². The molecule has 34 heavy (non-hydrogen) atoms. The van der Waals surface area contributed by atoms with Crippen LogP contribution in [0.15, 0.2) is 72.8 Å². The van der Waals surface area contributed by atoms with E-state index >= 15 is 0 Å². The van der Waals surface area contributed by atoms with Gasteiger partial charge in [-0.2, -0.15) is 0 Å². The molecule has 0 aromatic heterocycles. The average Bonchev–Trinajstić information content (AvgIpc) is 3.23. The zero-order valence-corrected chi connectivity index (χ0v) is 18.5. The van der Waals surface area contributed by atoms with Crippen LogP contribution in [0.1, 0.15) is 16.8 Å². The number of amides is 3. The Balaban J connectivity index is 1.37. The molecule has 1 atom stereocenters. The first kappa shape index (κ1) is 22.9. The molecule has 0 saturated carbocycles. The van der Waals surface area contributed by atoms with Crippen LogP contribution in [-0.2, 0) is 9.59 Å². The molecule has 1 heterocycles. The number of nitro benzene ring substituents is 1. The molecule has 2 N–H and O–H groups in total. The van der Waals surface area contributed by atoms with Crippen LogP contribution in [0.3, 0.4) is 0 Å². The van der Waals surface area contributed by atoms with Crippen molar-refractivity contribution in [1.29, 1.82) is 0 Å². The van der Waals surface area contributed by atoms with E-state index in [0.29, 0.717) is 17.8 Å². The van der Waals surface area contributed by atoms with Crippen LogP contribution in [-0.4, -0.2) is 29.2 Å². The lowest BCUT2D eigenvalue weighted by Crippen LogP contribution is -2.28. The van der Waals surface area contributed by atoms with Crippen LogP contribution in [0.4, 0.5) is 22.7 Å². The van der Waals surface area contributed by atoms with E-state index < -0.39 is 16.7 Å². The second-order valence-corrected chi connectivity index (χ2v) is 8.09. The largest absolute Gasteiger partial charge is 0.326 e. The molecule has 1 fully saturated rings. The Hall–Kier alpha value is -4.24. The number of nitrogens with zero attached hydrogens (tertiary/aromatic N) is 2. The van der Waals surface area contributed by atoms with Gasteiger partial charge in [0.2, 0.25) is 11.8 Å². The predicted octanol–water partition coefficient (Wildman–Crippen LogP) is 4.49. The highest BCUT2D eigenvalue weighted by Gasteiger charge is 2.35. The lowest BCUT2D eigenvalue weighted by molar-refractivity contribution is -0.384. The zero-order chi connectivity index (χ0) is 24.2. The number of anilines is 3. The van der Waals surface area contributed by atoms with Crippen LogP contribution >= 0.6 is 11.6 Å². The molecule has 3 aromatic rings. The van der Waals surface area contributed by atoms with Crippen LogP contribution < -0.4 is 15.5 Å². The molecule has 3 aromatic carbocycles. The molecule has 3 amide bonds. The molecular formula is C24H19ClN4O5. The Morgan fingerprint density at radius 2 is 1.65 bits per heavy atom. The second-order valence-electron chi connectivity index (χ2n) is 7.68. The lowest BCUT2D eigenvalue weighted by Gasteiger charge is -2.16. The van der Waals surface area contributed by atoms with Crippen LogP contribution in [0.5, 0.6) is 0 Å². The van der Waals surface area contributed by atoms with Crippen molar-refractivity contribution in [3.8, 4) is 0 Å². The molecule has 1 aliphatic rings. The fourth-order valence-electron chi connectivity index (χ4n) is 3.62. The van der Waals surface area contributed by atoms with Crippen molar-refractivity contribution in [3.05, 3.63) is 93.5 Å². The van der Waals surface area contributed by atoms with Gasteiger partial charge in [-0.05, 0) is 48.5 Å². The van der Waals surface area contributed by atoms with E-state index in [1.54, 1.807) is 17.0 Å². The van der Waals surface area contributed by atoms with E-state index in [1.165, 1.54) is 30.3 Å². The first-order valence-corrected chi connectivity index (χ1v) is 10.7. The number of rotatable bonds is 6. The average molecular weight is 479 g/mol. The number of hydrogen-bond donors (Lipinski definition) is 2. The van der Waals surface area contributed by atoms with Gasteiger partial charge >= 0.3 is 0 Å². The van der Waals surface area contributed by atoms with Gasteiger partial charge in [-0.1, -0.05) is 29.8 Å². The SMILES string of the molecule is O=C(Nc1ccc(Cl)c([N+](=O)[O-])c1)c1ccc(NC(=O)C2CC(=O)N(c3ccccc3)C2)cc1. The minimum absolute atomic E-state index is 0.0288. The fourth-order valence-corrected chi connectivity index (χ4v) is 3.81. The van der Waals surface area contributed by atoms with E-state index in [0.717, 1.165) is 5.69 Å². The van der Waals surface area contributed by atoms with Crippen molar-refractivity contribution < 1.29 is 19.3 Å². The summed E-state index contributed by atoms with van der Waals surface area (Å²) < 4.78 is 0. The van der Waals surface area contributed by atoms with E-state index in [1.807, 2.05) is 30.3 Å². The Morgan fingerprint density at radius 3 is 2.32 bits per heavy atom. The molecule has 10 heteroatoms. The maximum atomic E-state index is 12.7. The van der Waals surface area contributed by atoms with Crippen molar-refractivity contribution in [2.24, 2.45) is 5.92 Å². The first-order valence-electron chi connectivity index (χ1n) is 10.3. The number of halogens is 1. The summed E-state index contributed by atoms with van der Waals surface area (Å²) in [4.78, 5) is 49.5. The molecule has 1 unspecified atom stereocenters. The van der Waals surface area contributed by atoms with Gasteiger partial charge in [0.1, 0.15) is 5.02 Å². The minimum atomic E-state index is -0.632. The number of benzene rings is 3. The van der Waals surface area contributed by atoms with Crippen LogP contribution in [0.2, 0.25) is 5.02 Å². The molecule has 0 spiro atoms. The summed E-state index contributed by atoms with van der Waals surface area (Å²) in [6.07, 6.45) is 0.119. The highest BCUT2D eigenvalue weighted by atomic mass is 35.5. The topological polar surface area (TPSA) is 122 Å². The molecule has 0 aliphatic carbocycles. The summed E-state index contributed by atoms with van der Waals surface area (Å²) in [6, 6.07) is 19.3. The Morgan fingerprint density at radius 1 is 0.971 bits per heavy atom. The van der Waals surface area contributed by atoms with Gasteiger partial charge in [-0.25, -0.2) is 0 Å². The molecule has 0 bridgehead atoms. The normalized spacial score (nSPS) is 15.1. The van der Waals surface area contributed by atoms with Crippen molar-refractivity contribution in [2.45, 2.75) is 6.42 Å². The van der Waals surface area contributed by atoms with Gasteiger partial charge in [0.05, 0.1) is 10.8 Å². The molecule has 1 aliphatic heterocycles. The number of nitro groups is 1. The van der Waals surface area contributed by atoms with E-state index in [9.17, 15) is 24.5 Å². The molecule has 172 valence electrons. The van der Waals surface area contributed by atoms with Crippen LogP contribution in [0, 0.1) is 16.0 Å². The van der Waals surface area contributed by atoms with Crippen molar-refractivity contribution in [2.75, 3.05) is 22.1 Å². The number of para-hydroxylation sites is 1. The van der Waals surface area contributed by atoms with E-state index in [4.69, 9.17) is 11.6 Å². The highest BCUT2D eigenvalue weighted by Crippen LogP contribution is 2.28. The molecule has 0 radical (unpaired) electrons. The third-order valence-electron chi connectivity index (χ3n) is 5.38. The number of carbonyl (C=O) groups is 3. The Labute approximate surface area is 199 Å². The lowest BCUT2D eigenvalue weighted by atomic mass is 10.1. The Bertz CT molecular complexity index is 1260. The number of hydrogen-bond acceptors (Lipinski definition) is 5. The van der Waals surface area contributed by atoms with Gasteiger partial charge in [0.15, 0.2) is 0 Å². The first-order chi connectivity index (χ1) is 16.3. The summed E-state index contributed by atoms with van der Waals surface area (Å²) >= 11 is 5.79. The second kappa shape index (κ2) is 9.72. The maximum Gasteiger partial charge on any atom is 0.289 e. The maximum absolute atomic E-state index is 12.7. The quantitative estimate of drug-likeness (QED) is 0.399. The van der Waals surface area contributed by atoms with Crippen molar-refractivity contribution >= 4 is 52.1 Å². The zero-order valence-electron chi connectivity index (χ0n) is 17.7. The van der Waals surface area contributed by atoms with Gasteiger partial charge in [0, 0.05) is 41.7 Å². The van der Waals surface area contributed by atoms with Gasteiger partial charge < -0.3 is 15.5 Å². The highest BCUT2D eigenvalue weighted by molar-refractivity contribution is 6.32.